The van der Waals surface area contributed by atoms with Crippen LogP contribution in [0.3, 0.4) is 0 Å². The highest BCUT2D eigenvalue weighted by molar-refractivity contribution is 6.02. The summed E-state index contributed by atoms with van der Waals surface area (Å²) in [5.74, 6) is -1.83. The molecular formula is C17H16N2O5. The van der Waals surface area contributed by atoms with E-state index in [1.165, 1.54) is 25.3 Å². The van der Waals surface area contributed by atoms with Crippen molar-refractivity contribution in [3.8, 4) is 0 Å². The van der Waals surface area contributed by atoms with Crippen LogP contribution in [0.25, 0.3) is 0 Å². The maximum atomic E-state index is 11.9. The Morgan fingerprint density at radius 1 is 1.04 bits per heavy atom. The summed E-state index contributed by atoms with van der Waals surface area (Å²) in [6, 6.07) is 12.6. The van der Waals surface area contributed by atoms with Gasteiger partial charge in [0.05, 0.1) is 23.9 Å². The van der Waals surface area contributed by atoms with E-state index in [9.17, 15) is 14.4 Å². The summed E-state index contributed by atoms with van der Waals surface area (Å²) < 4.78 is 9.56. The lowest BCUT2D eigenvalue weighted by Crippen LogP contribution is -2.22. The van der Waals surface area contributed by atoms with E-state index in [1.807, 2.05) is 0 Å². The Labute approximate surface area is 138 Å². The third-order valence-corrected chi connectivity index (χ3v) is 3.06. The molecule has 0 bridgehead atoms. The molecule has 0 saturated heterocycles. The van der Waals surface area contributed by atoms with E-state index in [-0.39, 0.29) is 16.8 Å². The summed E-state index contributed by atoms with van der Waals surface area (Å²) in [7, 11) is 1.24. The minimum atomic E-state index is -0.668. The van der Waals surface area contributed by atoms with Crippen LogP contribution in [0, 0.1) is 0 Å². The average molecular weight is 328 g/mol. The molecule has 0 fully saturated rings. The quantitative estimate of drug-likeness (QED) is 0.640. The fraction of sp³-hybridized carbons (Fsp3) is 0.118. The highest BCUT2D eigenvalue weighted by atomic mass is 16.5. The highest BCUT2D eigenvalue weighted by Crippen LogP contribution is 2.16. The van der Waals surface area contributed by atoms with Gasteiger partial charge in [0.1, 0.15) is 0 Å². The van der Waals surface area contributed by atoms with Crippen molar-refractivity contribution in [3.63, 3.8) is 0 Å². The van der Waals surface area contributed by atoms with Crippen molar-refractivity contribution >= 4 is 29.2 Å². The molecule has 0 unspecified atom stereocenters. The number of hydrogen-bond donors (Lipinski definition) is 2. The molecule has 0 saturated carbocycles. The van der Waals surface area contributed by atoms with E-state index in [4.69, 9.17) is 10.5 Å². The predicted molar refractivity (Wildman–Crippen MR) is 87.5 cm³/mol. The number of nitrogen functional groups attached to an aromatic ring is 1. The van der Waals surface area contributed by atoms with Crippen LogP contribution in [-0.4, -0.2) is 31.6 Å². The van der Waals surface area contributed by atoms with Gasteiger partial charge < -0.3 is 20.5 Å². The number of rotatable bonds is 5. The number of para-hydroxylation sites is 1. The zero-order valence-corrected chi connectivity index (χ0v) is 12.9. The molecule has 1 amide bonds. The lowest BCUT2D eigenvalue weighted by molar-refractivity contribution is -0.119. The van der Waals surface area contributed by atoms with Crippen molar-refractivity contribution in [2.24, 2.45) is 0 Å². The van der Waals surface area contributed by atoms with Gasteiger partial charge in [-0.15, -0.1) is 0 Å². The van der Waals surface area contributed by atoms with E-state index < -0.39 is 24.5 Å². The number of hydrogen-bond acceptors (Lipinski definition) is 6. The summed E-state index contributed by atoms with van der Waals surface area (Å²) in [6.45, 7) is -0.497. The number of nitrogens with two attached hydrogens (primary N) is 1. The Morgan fingerprint density at radius 3 is 2.50 bits per heavy atom. The van der Waals surface area contributed by atoms with Gasteiger partial charge in [-0.2, -0.15) is 0 Å². The number of amides is 1. The third-order valence-electron chi connectivity index (χ3n) is 3.06. The first kappa shape index (κ1) is 17.0. The van der Waals surface area contributed by atoms with Crippen LogP contribution < -0.4 is 11.1 Å². The van der Waals surface area contributed by atoms with Crippen LogP contribution >= 0.6 is 0 Å². The molecular weight excluding hydrogens is 312 g/mol. The molecule has 0 atom stereocenters. The van der Waals surface area contributed by atoms with E-state index in [0.29, 0.717) is 5.69 Å². The highest BCUT2D eigenvalue weighted by Gasteiger charge is 2.15. The molecule has 0 aromatic heterocycles. The van der Waals surface area contributed by atoms with E-state index in [1.54, 1.807) is 30.3 Å². The number of carbonyl (C=O) groups excluding carboxylic acids is 3. The van der Waals surface area contributed by atoms with Gasteiger partial charge in [0.2, 0.25) is 0 Å². The maximum absolute atomic E-state index is 11.9. The van der Waals surface area contributed by atoms with Crippen LogP contribution in [0.2, 0.25) is 0 Å². The van der Waals surface area contributed by atoms with Crippen molar-refractivity contribution in [1.29, 1.82) is 0 Å². The molecule has 2 rings (SSSR count). The molecule has 124 valence electrons. The zero-order chi connectivity index (χ0) is 17.5. The minimum absolute atomic E-state index is 0.204. The summed E-state index contributed by atoms with van der Waals surface area (Å²) in [5.41, 5.74) is 6.72. The Balaban J connectivity index is 1.97. The lowest BCUT2D eigenvalue weighted by Gasteiger charge is -2.10. The number of ether oxygens (including phenoxy) is 2. The number of methoxy groups -OCH3 is 1. The van der Waals surface area contributed by atoms with E-state index in [0.717, 1.165) is 0 Å². The lowest BCUT2D eigenvalue weighted by atomic mass is 10.2. The molecule has 2 aromatic rings. The van der Waals surface area contributed by atoms with Gasteiger partial charge in [-0.1, -0.05) is 18.2 Å². The molecule has 24 heavy (non-hydrogen) atoms. The van der Waals surface area contributed by atoms with Crippen LogP contribution in [-0.2, 0) is 14.3 Å². The first-order valence-corrected chi connectivity index (χ1v) is 7.01. The predicted octanol–water partition coefficient (Wildman–Crippen LogP) is 1.85. The van der Waals surface area contributed by atoms with Gasteiger partial charge in [0.15, 0.2) is 6.61 Å². The second kappa shape index (κ2) is 7.77. The fourth-order valence-electron chi connectivity index (χ4n) is 1.95. The van der Waals surface area contributed by atoms with Crippen molar-refractivity contribution in [1.82, 2.24) is 0 Å². The third kappa shape index (κ3) is 4.33. The number of benzene rings is 2. The number of anilines is 2. The number of carbonyl (C=O) groups is 3. The second-order valence-corrected chi connectivity index (χ2v) is 4.79. The first-order chi connectivity index (χ1) is 11.5. The smallest absolute Gasteiger partial charge is 0.339 e. The van der Waals surface area contributed by atoms with Gasteiger partial charge in [-0.3, -0.25) is 4.79 Å². The Hall–Kier alpha value is -3.35. The number of nitrogens with one attached hydrogen (secondary N) is 1. The Kier molecular flexibility index (Phi) is 5.51. The van der Waals surface area contributed by atoms with Crippen molar-refractivity contribution in [3.05, 3.63) is 59.7 Å². The fourth-order valence-corrected chi connectivity index (χ4v) is 1.95. The van der Waals surface area contributed by atoms with Crippen LogP contribution in [0.1, 0.15) is 20.7 Å². The molecule has 7 nitrogen and oxygen atoms in total. The zero-order valence-electron chi connectivity index (χ0n) is 12.9. The van der Waals surface area contributed by atoms with Gasteiger partial charge in [0, 0.05) is 5.69 Å². The molecule has 0 spiro atoms. The normalized spacial score (nSPS) is 9.88. The SMILES string of the molecule is COC(=O)c1ccccc1NC(=O)COC(=O)c1cccc(N)c1. The maximum Gasteiger partial charge on any atom is 0.339 e. The van der Waals surface area contributed by atoms with Crippen LogP contribution in [0.5, 0.6) is 0 Å². The minimum Gasteiger partial charge on any atom is -0.465 e. The molecule has 3 N–H and O–H groups in total. The van der Waals surface area contributed by atoms with Gasteiger partial charge >= 0.3 is 11.9 Å². The van der Waals surface area contributed by atoms with Gasteiger partial charge in [-0.25, -0.2) is 9.59 Å². The van der Waals surface area contributed by atoms with Crippen molar-refractivity contribution < 1.29 is 23.9 Å². The monoisotopic (exact) mass is 328 g/mol. The van der Waals surface area contributed by atoms with Crippen molar-refractivity contribution in [2.45, 2.75) is 0 Å². The molecule has 2 aromatic carbocycles. The van der Waals surface area contributed by atoms with Crippen molar-refractivity contribution in [2.75, 3.05) is 24.8 Å². The second-order valence-electron chi connectivity index (χ2n) is 4.79. The first-order valence-electron chi connectivity index (χ1n) is 7.01. The van der Waals surface area contributed by atoms with E-state index in [2.05, 4.69) is 10.1 Å². The topological polar surface area (TPSA) is 108 Å². The summed E-state index contributed by atoms with van der Waals surface area (Å²) in [4.78, 5) is 35.4. The van der Waals surface area contributed by atoms with Crippen LogP contribution in [0.15, 0.2) is 48.5 Å². The summed E-state index contributed by atoms with van der Waals surface area (Å²) >= 11 is 0. The largest absolute Gasteiger partial charge is 0.465 e. The molecule has 0 aliphatic rings. The molecule has 0 heterocycles. The van der Waals surface area contributed by atoms with Gasteiger partial charge in [-0.05, 0) is 30.3 Å². The number of esters is 2. The molecule has 0 radical (unpaired) electrons. The molecule has 0 aliphatic heterocycles. The summed E-state index contributed by atoms with van der Waals surface area (Å²) in [5, 5.41) is 2.50. The van der Waals surface area contributed by atoms with E-state index >= 15 is 0 Å². The summed E-state index contributed by atoms with van der Waals surface area (Å²) in [6.07, 6.45) is 0. The standard InChI is InChI=1S/C17H16N2O5/c1-23-17(22)13-7-2-3-8-14(13)19-15(20)10-24-16(21)11-5-4-6-12(18)9-11/h2-9H,10,18H2,1H3,(H,19,20). The molecule has 7 heteroatoms. The van der Waals surface area contributed by atoms with Gasteiger partial charge in [0.25, 0.3) is 5.91 Å². The Morgan fingerprint density at radius 2 is 1.79 bits per heavy atom. The molecule has 0 aliphatic carbocycles. The Bertz CT molecular complexity index is 773. The average Bonchev–Trinajstić information content (AvgIpc) is 2.59. The van der Waals surface area contributed by atoms with Crippen LogP contribution in [0.4, 0.5) is 11.4 Å².